The molecule has 4 aromatic rings. The fourth-order valence-corrected chi connectivity index (χ4v) is 8.54. The summed E-state index contributed by atoms with van der Waals surface area (Å²) in [6.45, 7) is 5.18. The maximum Gasteiger partial charge on any atom is 0.328 e. The number of fused-ring (bicyclic) bond motifs is 1. The zero-order chi connectivity index (χ0) is 37.2. The molecule has 1 unspecified atom stereocenters. The Labute approximate surface area is 318 Å². The van der Waals surface area contributed by atoms with Crippen LogP contribution >= 0.6 is 11.6 Å². The lowest BCUT2D eigenvalue weighted by molar-refractivity contribution is -0.120. The molecule has 0 bridgehead atoms. The van der Waals surface area contributed by atoms with Crippen molar-refractivity contribution in [3.63, 3.8) is 0 Å². The summed E-state index contributed by atoms with van der Waals surface area (Å²) in [5, 5.41) is 29.4. The minimum absolute atomic E-state index is 0.0302. The van der Waals surface area contributed by atoms with Gasteiger partial charge in [0.2, 0.25) is 5.91 Å². The summed E-state index contributed by atoms with van der Waals surface area (Å²) in [6, 6.07) is 16.7. The molecule has 15 heteroatoms. The third-order valence-corrected chi connectivity index (χ3v) is 11.6. The van der Waals surface area contributed by atoms with Gasteiger partial charge in [0.1, 0.15) is 11.8 Å². The third-order valence-electron chi connectivity index (χ3n) is 11.2. The maximum atomic E-state index is 13.0. The van der Waals surface area contributed by atoms with Crippen LogP contribution in [0.25, 0.3) is 10.9 Å². The average molecular weight is 751 g/mol. The number of carbonyl (C=O) groups is 3. The second kappa shape index (κ2) is 15.6. The Morgan fingerprint density at radius 3 is 2.56 bits per heavy atom. The molecule has 1 atom stereocenters. The number of urea groups is 1. The molecule has 4 fully saturated rings. The SMILES string of the molecule is N#Cc1ccc(OC2CCC(NC(=O)c3ccc(N4CCC(CN5CCC(n6ncc7c(N8CCC(=O)NC8=O)cccc76)CC5)C4)nn3)CC2)cc1Cl. The fourth-order valence-electron chi connectivity index (χ4n) is 8.33. The number of nitrogens with one attached hydrogen (secondary N) is 2. The number of imide groups is 1. The molecule has 1 saturated carbocycles. The lowest BCUT2D eigenvalue weighted by Crippen LogP contribution is -2.49. The Morgan fingerprint density at radius 1 is 0.981 bits per heavy atom. The Hall–Kier alpha value is -5.26. The van der Waals surface area contributed by atoms with Gasteiger partial charge in [0.15, 0.2) is 11.5 Å². The van der Waals surface area contributed by atoms with Gasteiger partial charge in [0.05, 0.1) is 40.1 Å². The number of halogens is 1. The van der Waals surface area contributed by atoms with Crippen LogP contribution < -0.4 is 25.2 Å². The van der Waals surface area contributed by atoms with Crippen LogP contribution in [0, 0.1) is 17.2 Å². The second-order valence-corrected chi connectivity index (χ2v) is 15.2. The highest BCUT2D eigenvalue weighted by atomic mass is 35.5. The summed E-state index contributed by atoms with van der Waals surface area (Å²) in [5.74, 6) is 1.51. The molecule has 3 saturated heterocycles. The van der Waals surface area contributed by atoms with Crippen molar-refractivity contribution in [2.75, 3.05) is 49.1 Å². The van der Waals surface area contributed by atoms with E-state index in [0.29, 0.717) is 34.5 Å². The predicted molar refractivity (Wildman–Crippen MR) is 203 cm³/mol. The molecule has 2 aromatic carbocycles. The minimum atomic E-state index is -0.386. The molecule has 0 spiro atoms. The van der Waals surface area contributed by atoms with E-state index in [9.17, 15) is 14.4 Å². The lowest BCUT2D eigenvalue weighted by atomic mass is 9.93. The number of hydrogen-bond donors (Lipinski definition) is 2. The highest BCUT2D eigenvalue weighted by molar-refractivity contribution is 6.31. The van der Waals surface area contributed by atoms with Crippen LogP contribution in [-0.4, -0.2) is 94.1 Å². The van der Waals surface area contributed by atoms with Crippen molar-refractivity contribution < 1.29 is 19.1 Å². The number of likely N-dealkylation sites (tertiary alicyclic amines) is 1. The molecule has 0 radical (unpaired) electrons. The Morgan fingerprint density at radius 2 is 1.81 bits per heavy atom. The first-order valence-electron chi connectivity index (χ1n) is 18.9. The predicted octanol–water partition coefficient (Wildman–Crippen LogP) is 5.08. The van der Waals surface area contributed by atoms with Gasteiger partial charge >= 0.3 is 6.03 Å². The van der Waals surface area contributed by atoms with E-state index < -0.39 is 0 Å². The summed E-state index contributed by atoms with van der Waals surface area (Å²) >= 11 is 6.15. The molecule has 4 aliphatic rings. The van der Waals surface area contributed by atoms with Crippen molar-refractivity contribution in [3.8, 4) is 11.8 Å². The van der Waals surface area contributed by atoms with E-state index >= 15 is 0 Å². The first kappa shape index (κ1) is 35.8. The topological polar surface area (TPSA) is 162 Å². The number of amides is 4. The molecule has 2 aromatic heterocycles. The molecule has 280 valence electrons. The van der Waals surface area contributed by atoms with E-state index in [-0.39, 0.29) is 42.5 Å². The number of anilines is 2. The van der Waals surface area contributed by atoms with Gasteiger partial charge in [-0.15, -0.1) is 10.2 Å². The summed E-state index contributed by atoms with van der Waals surface area (Å²) < 4.78 is 8.20. The molecule has 54 heavy (non-hydrogen) atoms. The fraction of sp³-hybridized carbons (Fsp3) is 0.462. The van der Waals surface area contributed by atoms with Crippen molar-refractivity contribution in [1.29, 1.82) is 5.26 Å². The van der Waals surface area contributed by atoms with Crippen LogP contribution in [0.4, 0.5) is 16.3 Å². The van der Waals surface area contributed by atoms with E-state index in [1.54, 1.807) is 29.2 Å². The molecule has 5 heterocycles. The van der Waals surface area contributed by atoms with Crippen molar-refractivity contribution >= 4 is 51.9 Å². The number of benzene rings is 2. The maximum absolute atomic E-state index is 13.0. The van der Waals surface area contributed by atoms with E-state index in [4.69, 9.17) is 26.7 Å². The van der Waals surface area contributed by atoms with Gasteiger partial charge < -0.3 is 19.9 Å². The van der Waals surface area contributed by atoms with Crippen molar-refractivity contribution in [1.82, 2.24) is 35.5 Å². The number of hydrogen-bond acceptors (Lipinski definition) is 10. The van der Waals surface area contributed by atoms with Crippen molar-refractivity contribution in [2.45, 2.75) is 69.6 Å². The highest BCUT2D eigenvalue weighted by Crippen LogP contribution is 2.33. The van der Waals surface area contributed by atoms with Crippen LogP contribution in [0.3, 0.4) is 0 Å². The number of nitrogens with zero attached hydrogens (tertiary/aromatic N) is 8. The Bertz CT molecular complexity index is 2070. The van der Waals surface area contributed by atoms with Gasteiger partial charge in [-0.1, -0.05) is 17.7 Å². The summed E-state index contributed by atoms with van der Waals surface area (Å²) in [6.07, 6.45) is 8.42. The number of rotatable bonds is 9. The van der Waals surface area contributed by atoms with Crippen LogP contribution in [0.1, 0.15) is 73.5 Å². The minimum Gasteiger partial charge on any atom is -0.490 e. The summed E-state index contributed by atoms with van der Waals surface area (Å²) in [4.78, 5) is 43.7. The van der Waals surface area contributed by atoms with Gasteiger partial charge in [-0.25, -0.2) is 4.79 Å². The van der Waals surface area contributed by atoms with E-state index in [0.717, 1.165) is 100 Å². The van der Waals surface area contributed by atoms with Crippen molar-refractivity contribution in [3.05, 3.63) is 71.0 Å². The molecule has 14 nitrogen and oxygen atoms in total. The molecule has 2 N–H and O–H groups in total. The van der Waals surface area contributed by atoms with E-state index in [1.807, 2.05) is 24.4 Å². The second-order valence-electron chi connectivity index (χ2n) is 14.8. The van der Waals surface area contributed by atoms with E-state index in [2.05, 4.69) is 47.4 Å². The quantitative estimate of drug-likeness (QED) is 0.236. The van der Waals surface area contributed by atoms with Gasteiger partial charge in [-0.2, -0.15) is 10.4 Å². The van der Waals surface area contributed by atoms with Crippen molar-refractivity contribution in [2.24, 2.45) is 5.92 Å². The highest BCUT2D eigenvalue weighted by Gasteiger charge is 2.31. The lowest BCUT2D eigenvalue weighted by Gasteiger charge is -2.34. The molecular weight excluding hydrogens is 708 g/mol. The zero-order valence-corrected chi connectivity index (χ0v) is 30.7. The van der Waals surface area contributed by atoms with Crippen LogP contribution in [0.2, 0.25) is 5.02 Å². The first-order chi connectivity index (χ1) is 26.3. The molecule has 1 aliphatic carbocycles. The van der Waals surface area contributed by atoms with Gasteiger partial charge in [0.25, 0.3) is 5.91 Å². The summed E-state index contributed by atoms with van der Waals surface area (Å²) in [7, 11) is 0. The molecular formula is C39H43ClN10O4. The largest absolute Gasteiger partial charge is 0.490 e. The normalized spacial score (nSPS) is 22.6. The number of aromatic nitrogens is 4. The molecule has 3 aliphatic heterocycles. The standard InChI is InChI=1S/C39H43ClN10O4/c40-32-20-30(7-4-26(32)21-41)54-29-8-5-27(6-9-29)43-38(52)33-10-11-36(46-45-33)48-18-12-25(24-48)23-47-16-13-28(14-17-47)50-35-3-1-2-34(31(35)22-42-50)49-19-15-37(51)44-39(49)53/h1-4,7,10-11,20,22,25,27-29H,5-6,8-9,12-19,23-24H2,(H,43,52)(H,44,51,53). The number of piperidine rings is 1. The summed E-state index contributed by atoms with van der Waals surface area (Å²) in [5.41, 5.74) is 2.53. The third kappa shape index (κ3) is 7.69. The molecule has 4 amide bonds. The number of carbonyl (C=O) groups excluding carboxylic acids is 3. The average Bonchev–Trinajstić information content (AvgIpc) is 3.84. The van der Waals surface area contributed by atoms with Crippen LogP contribution in [0.15, 0.2) is 54.7 Å². The van der Waals surface area contributed by atoms with Gasteiger partial charge in [-0.3, -0.25) is 24.5 Å². The number of ether oxygens (including phenoxy) is 1. The first-order valence-corrected chi connectivity index (χ1v) is 19.2. The monoisotopic (exact) mass is 750 g/mol. The number of nitriles is 1. The van der Waals surface area contributed by atoms with Gasteiger partial charge in [-0.05, 0) is 87.3 Å². The smallest absolute Gasteiger partial charge is 0.328 e. The Kier molecular flexibility index (Phi) is 10.3. The van der Waals surface area contributed by atoms with Crippen LogP contribution in [0.5, 0.6) is 5.75 Å². The zero-order valence-electron chi connectivity index (χ0n) is 30.0. The Balaban J connectivity index is 0.778. The van der Waals surface area contributed by atoms with Crippen LogP contribution in [-0.2, 0) is 4.79 Å². The molecule has 8 rings (SSSR count). The van der Waals surface area contributed by atoms with Gasteiger partial charge in [0, 0.05) is 63.2 Å². The van der Waals surface area contributed by atoms with E-state index in [1.165, 1.54) is 0 Å².